The van der Waals surface area contributed by atoms with E-state index in [2.05, 4.69) is 6.58 Å². The fraction of sp³-hybridized carbons (Fsp3) is 0.333. The lowest BCUT2D eigenvalue weighted by Gasteiger charge is -2.21. The second-order valence-electron chi connectivity index (χ2n) is 1.14. The number of hydrogen-bond donors (Lipinski definition) is 3. The van der Waals surface area contributed by atoms with Crippen LogP contribution < -0.4 is 6.15 Å². The predicted molar refractivity (Wildman–Crippen MR) is 27.3 cm³/mol. The molecule has 0 spiro atoms. The van der Waals surface area contributed by atoms with Crippen molar-refractivity contribution in [3.05, 3.63) is 17.9 Å². The van der Waals surface area contributed by atoms with E-state index in [-0.39, 0.29) is 6.15 Å². The number of rotatable bonds is 2. The molecular formula is C3H10N2O3. The maximum Gasteiger partial charge on any atom is 0.160 e. The molecule has 0 amide bonds. The van der Waals surface area contributed by atoms with Crippen LogP contribution in [-0.4, -0.2) is 21.9 Å². The molecule has 0 bridgehead atoms. The first-order chi connectivity index (χ1) is 3.06. The first kappa shape index (κ1) is 10.5. The van der Waals surface area contributed by atoms with Gasteiger partial charge in [-0.05, 0) is 6.08 Å². The summed E-state index contributed by atoms with van der Waals surface area (Å²) in [5.74, 6) is 0. The van der Waals surface area contributed by atoms with Crippen LogP contribution in [0.5, 0.6) is 0 Å². The fourth-order valence-corrected chi connectivity index (χ4v) is 0.168. The van der Waals surface area contributed by atoms with E-state index in [4.69, 9.17) is 10.4 Å². The second kappa shape index (κ2) is 3.53. The van der Waals surface area contributed by atoms with Crippen LogP contribution >= 0.6 is 0 Å². The number of nitrogens with zero attached hydrogens (tertiary/aromatic N) is 1. The molecule has 5 heteroatoms. The van der Waals surface area contributed by atoms with E-state index in [0.29, 0.717) is 0 Å². The van der Waals surface area contributed by atoms with Crippen molar-refractivity contribution < 1.29 is 15.4 Å². The topological polar surface area (TPSA) is 98.5 Å². The molecule has 0 aromatic rings. The van der Waals surface area contributed by atoms with Gasteiger partial charge < -0.3 is 11.4 Å². The molecular weight excluding hydrogens is 112 g/mol. The molecule has 0 saturated carbocycles. The van der Waals surface area contributed by atoms with Gasteiger partial charge in [-0.3, -0.25) is 0 Å². The molecule has 0 radical (unpaired) electrons. The zero-order chi connectivity index (χ0) is 5.91. The van der Waals surface area contributed by atoms with E-state index in [1.807, 2.05) is 0 Å². The lowest BCUT2D eigenvalue weighted by molar-refractivity contribution is -1.21. The van der Waals surface area contributed by atoms with Crippen LogP contribution in [0, 0.1) is 5.21 Å². The van der Waals surface area contributed by atoms with Crippen molar-refractivity contribution in [2.75, 3.05) is 6.54 Å². The van der Waals surface area contributed by atoms with Gasteiger partial charge in [-0.1, -0.05) is 11.6 Å². The van der Waals surface area contributed by atoms with Crippen molar-refractivity contribution in [2.45, 2.75) is 0 Å². The van der Waals surface area contributed by atoms with E-state index in [0.717, 1.165) is 6.08 Å². The zero-order valence-electron chi connectivity index (χ0n) is 4.45. The normalized spacial score (nSPS) is 9.88. The fourth-order valence-electron chi connectivity index (χ4n) is 0.168. The lowest BCUT2D eigenvalue weighted by atomic mass is 10.6. The van der Waals surface area contributed by atoms with Gasteiger partial charge in [0, 0.05) is 0 Å². The molecule has 0 atom stereocenters. The van der Waals surface area contributed by atoms with E-state index < -0.39 is 11.5 Å². The van der Waals surface area contributed by atoms with Crippen molar-refractivity contribution in [3.63, 3.8) is 0 Å². The Hall–Kier alpha value is -0.460. The summed E-state index contributed by atoms with van der Waals surface area (Å²) in [7, 11) is 0. The molecule has 0 aliphatic heterocycles. The van der Waals surface area contributed by atoms with E-state index in [1.165, 1.54) is 0 Å². The van der Waals surface area contributed by atoms with E-state index in [1.54, 1.807) is 0 Å². The lowest BCUT2D eigenvalue weighted by Crippen LogP contribution is -2.33. The Balaban J connectivity index is 0. The number of hydrogen-bond acceptors (Lipinski definition) is 4. The first-order valence-corrected chi connectivity index (χ1v) is 1.72. The summed E-state index contributed by atoms with van der Waals surface area (Å²) in [5, 5.41) is 25.4. The predicted octanol–water partition coefficient (Wildman–Crippen LogP) is 0.427. The highest BCUT2D eigenvalue weighted by atomic mass is 17.1. The molecule has 8 heavy (non-hydrogen) atoms. The first-order valence-electron chi connectivity index (χ1n) is 1.72. The van der Waals surface area contributed by atoms with Gasteiger partial charge in [0.15, 0.2) is 6.54 Å². The Morgan fingerprint density at radius 2 is 2.00 bits per heavy atom. The average Bonchev–Trinajstić information content (AvgIpc) is 1.30. The van der Waals surface area contributed by atoms with Crippen molar-refractivity contribution in [1.82, 2.24) is 6.15 Å². The summed E-state index contributed by atoms with van der Waals surface area (Å²) in [5.41, 5.74) is 0. The average molecular weight is 122 g/mol. The van der Waals surface area contributed by atoms with Crippen molar-refractivity contribution in [1.29, 1.82) is 0 Å². The van der Waals surface area contributed by atoms with Gasteiger partial charge >= 0.3 is 0 Å². The molecule has 0 heterocycles. The Morgan fingerprint density at radius 3 is 2.00 bits per heavy atom. The molecule has 0 aliphatic carbocycles. The Kier molecular flexibility index (Phi) is 4.64. The van der Waals surface area contributed by atoms with Crippen molar-refractivity contribution in [2.24, 2.45) is 0 Å². The highest BCUT2D eigenvalue weighted by Crippen LogP contribution is 1.87. The van der Waals surface area contributed by atoms with Gasteiger partial charge in [0.1, 0.15) is 0 Å². The Bertz CT molecular complexity index is 67.4. The summed E-state index contributed by atoms with van der Waals surface area (Å²) >= 11 is 0. The summed E-state index contributed by atoms with van der Waals surface area (Å²) in [6, 6.07) is 0. The van der Waals surface area contributed by atoms with Crippen LogP contribution in [0.3, 0.4) is 0 Å². The second-order valence-corrected chi connectivity index (χ2v) is 1.14. The SMILES string of the molecule is C=CC[N+]([O-])(O)O.N. The van der Waals surface area contributed by atoms with Gasteiger partial charge in [0.25, 0.3) is 0 Å². The molecule has 0 rings (SSSR count). The Morgan fingerprint density at radius 1 is 1.62 bits per heavy atom. The minimum Gasteiger partial charge on any atom is -0.564 e. The van der Waals surface area contributed by atoms with E-state index >= 15 is 0 Å². The summed E-state index contributed by atoms with van der Waals surface area (Å²) in [4.78, 5) is -2.27. The van der Waals surface area contributed by atoms with Crippen LogP contribution in [0.15, 0.2) is 12.7 Å². The highest BCUT2D eigenvalue weighted by molar-refractivity contribution is 4.62. The van der Waals surface area contributed by atoms with Crippen LogP contribution in [0.1, 0.15) is 0 Å². The third kappa shape index (κ3) is 9.11. The smallest absolute Gasteiger partial charge is 0.160 e. The summed E-state index contributed by atoms with van der Waals surface area (Å²) in [6.07, 6.45) is 1.12. The number of quaternary nitrogens is 1. The number of hydroxylamine groups is 3. The van der Waals surface area contributed by atoms with Crippen molar-refractivity contribution >= 4 is 0 Å². The molecule has 0 fully saturated rings. The van der Waals surface area contributed by atoms with Crippen LogP contribution in [0.25, 0.3) is 0 Å². The van der Waals surface area contributed by atoms with Crippen molar-refractivity contribution in [3.8, 4) is 0 Å². The maximum absolute atomic E-state index is 9.68. The third-order valence-corrected chi connectivity index (χ3v) is 0.367. The minimum atomic E-state index is -2.27. The van der Waals surface area contributed by atoms with Gasteiger partial charge in [0.2, 0.25) is 0 Å². The zero-order valence-corrected chi connectivity index (χ0v) is 4.45. The molecule has 0 aliphatic rings. The van der Waals surface area contributed by atoms with Gasteiger partial charge in [0.05, 0.1) is 0 Å². The highest BCUT2D eigenvalue weighted by Gasteiger charge is 2.01. The molecule has 50 valence electrons. The minimum absolute atomic E-state index is 0. The molecule has 0 aromatic heterocycles. The molecule has 0 unspecified atom stereocenters. The van der Waals surface area contributed by atoms with Crippen LogP contribution in [-0.2, 0) is 0 Å². The summed E-state index contributed by atoms with van der Waals surface area (Å²) in [6.45, 7) is 2.71. The van der Waals surface area contributed by atoms with Gasteiger partial charge in [-0.25, -0.2) is 0 Å². The van der Waals surface area contributed by atoms with Gasteiger partial charge in [-0.2, -0.15) is 10.4 Å². The Labute approximate surface area is 47.1 Å². The van der Waals surface area contributed by atoms with Gasteiger partial charge in [-0.15, -0.1) is 0 Å². The summed E-state index contributed by atoms with van der Waals surface area (Å²) < 4.78 is 0. The van der Waals surface area contributed by atoms with E-state index in [9.17, 15) is 5.21 Å². The molecule has 5 nitrogen and oxygen atoms in total. The monoisotopic (exact) mass is 122 g/mol. The van der Waals surface area contributed by atoms with Crippen LogP contribution in [0.4, 0.5) is 0 Å². The standard InChI is InChI=1S/C3H7NO3.H3N/c1-2-3-4(5,6)7;/h2,5-6H,1,3H2;1H3. The molecule has 5 N–H and O–H groups in total. The maximum atomic E-state index is 9.68. The molecule has 0 aromatic carbocycles. The quantitative estimate of drug-likeness (QED) is 0.281. The largest absolute Gasteiger partial charge is 0.564 e. The third-order valence-electron chi connectivity index (χ3n) is 0.367. The van der Waals surface area contributed by atoms with Crippen LogP contribution in [0.2, 0.25) is 0 Å². The molecule has 0 saturated heterocycles.